The van der Waals surface area contributed by atoms with Crippen LogP contribution in [0.4, 0.5) is 0 Å². The average molecular weight is 350 g/mol. The second-order valence-electron chi connectivity index (χ2n) is 5.36. The molecule has 6 nitrogen and oxygen atoms in total. The molecule has 0 spiro atoms. The minimum Gasteiger partial charge on any atom is -0.463 e. The van der Waals surface area contributed by atoms with Crippen LogP contribution in [0.25, 0.3) is 0 Å². The molecule has 0 bridgehead atoms. The minimum absolute atomic E-state index is 0.262. The Balaban J connectivity index is 2.50. The largest absolute Gasteiger partial charge is 0.463 e. The summed E-state index contributed by atoms with van der Waals surface area (Å²) < 4.78 is 10.5. The fourth-order valence-electron chi connectivity index (χ4n) is 2.64. The Bertz CT molecular complexity index is 677. The van der Waals surface area contributed by atoms with Crippen LogP contribution in [0, 0.1) is 0 Å². The van der Waals surface area contributed by atoms with Crippen molar-refractivity contribution >= 4 is 23.3 Å². The second kappa shape index (κ2) is 8.10. The van der Waals surface area contributed by atoms with Gasteiger partial charge in [0, 0.05) is 23.0 Å². The number of carbonyl (C=O) groups is 2. The molecule has 2 heterocycles. The number of dihydropyridines is 1. The minimum atomic E-state index is -0.574. The van der Waals surface area contributed by atoms with Crippen molar-refractivity contribution in [3.8, 4) is 0 Å². The molecular weight excluding hydrogens is 328 g/mol. The summed E-state index contributed by atoms with van der Waals surface area (Å²) in [5.41, 5.74) is 2.15. The van der Waals surface area contributed by atoms with E-state index in [1.165, 1.54) is 11.3 Å². The van der Waals surface area contributed by atoms with Crippen LogP contribution >= 0.6 is 11.3 Å². The zero-order chi connectivity index (χ0) is 17.7. The summed E-state index contributed by atoms with van der Waals surface area (Å²) in [6.07, 6.45) is 2.39. The molecule has 1 unspecified atom stereocenters. The van der Waals surface area contributed by atoms with Gasteiger partial charge in [0.05, 0.1) is 30.3 Å². The number of carbonyl (C=O) groups excluding carboxylic acids is 2. The van der Waals surface area contributed by atoms with Gasteiger partial charge in [0.2, 0.25) is 0 Å². The molecule has 0 amide bonds. The van der Waals surface area contributed by atoms with Crippen molar-refractivity contribution in [3.05, 3.63) is 39.1 Å². The number of aromatic nitrogens is 1. The lowest BCUT2D eigenvalue weighted by Gasteiger charge is -2.28. The van der Waals surface area contributed by atoms with Crippen LogP contribution in [0.5, 0.6) is 0 Å². The van der Waals surface area contributed by atoms with Crippen LogP contribution < -0.4 is 5.32 Å². The van der Waals surface area contributed by atoms with Gasteiger partial charge in [0.1, 0.15) is 5.01 Å². The topological polar surface area (TPSA) is 77.5 Å². The summed E-state index contributed by atoms with van der Waals surface area (Å²) in [6, 6.07) is 0. The molecule has 1 aromatic heterocycles. The van der Waals surface area contributed by atoms with Crippen LogP contribution in [0.2, 0.25) is 0 Å². The van der Waals surface area contributed by atoms with E-state index in [2.05, 4.69) is 10.3 Å². The van der Waals surface area contributed by atoms with Crippen molar-refractivity contribution in [2.45, 2.75) is 40.0 Å². The molecule has 1 aliphatic rings. The summed E-state index contributed by atoms with van der Waals surface area (Å²) in [5.74, 6) is -1.46. The van der Waals surface area contributed by atoms with E-state index in [1.54, 1.807) is 27.0 Å². The standard InChI is InChI=1S/C17H22N2O4S/c1-5-8-23-17(21)13-11(4)19-10(3)12(16(20)22-6-2)14(13)15-18-7-9-24-15/h7,9,14,19H,5-6,8H2,1-4H3. The maximum Gasteiger partial charge on any atom is 0.336 e. The Morgan fingerprint density at radius 2 is 1.79 bits per heavy atom. The molecule has 24 heavy (non-hydrogen) atoms. The predicted octanol–water partition coefficient (Wildman–Crippen LogP) is 2.89. The van der Waals surface area contributed by atoms with Crippen molar-refractivity contribution < 1.29 is 19.1 Å². The Labute approximate surface area is 145 Å². The van der Waals surface area contributed by atoms with E-state index >= 15 is 0 Å². The number of esters is 2. The molecule has 130 valence electrons. The summed E-state index contributed by atoms with van der Waals surface area (Å²) >= 11 is 1.39. The lowest BCUT2D eigenvalue weighted by molar-refractivity contribution is -0.139. The number of allylic oxidation sites excluding steroid dienone is 2. The number of hydrogen-bond acceptors (Lipinski definition) is 7. The van der Waals surface area contributed by atoms with E-state index < -0.39 is 17.9 Å². The fraction of sp³-hybridized carbons (Fsp3) is 0.471. The van der Waals surface area contributed by atoms with Gasteiger partial charge in [-0.2, -0.15) is 0 Å². The van der Waals surface area contributed by atoms with E-state index in [-0.39, 0.29) is 6.61 Å². The van der Waals surface area contributed by atoms with E-state index in [9.17, 15) is 9.59 Å². The Kier molecular flexibility index (Phi) is 6.14. The highest BCUT2D eigenvalue weighted by Gasteiger charge is 2.39. The van der Waals surface area contributed by atoms with Gasteiger partial charge in [-0.25, -0.2) is 14.6 Å². The molecule has 0 aliphatic carbocycles. The smallest absolute Gasteiger partial charge is 0.336 e. The van der Waals surface area contributed by atoms with Crippen LogP contribution in [-0.2, 0) is 19.1 Å². The summed E-state index contributed by atoms with van der Waals surface area (Å²) in [7, 11) is 0. The normalized spacial score (nSPS) is 17.6. The average Bonchev–Trinajstić information content (AvgIpc) is 3.06. The number of ether oxygens (including phenoxy) is 2. The lowest BCUT2D eigenvalue weighted by atomic mass is 9.86. The highest BCUT2D eigenvalue weighted by Crippen LogP contribution is 2.39. The third kappa shape index (κ3) is 3.67. The number of thiazole rings is 1. The molecule has 0 saturated heterocycles. The predicted molar refractivity (Wildman–Crippen MR) is 91.3 cm³/mol. The van der Waals surface area contributed by atoms with E-state index in [0.29, 0.717) is 34.2 Å². The van der Waals surface area contributed by atoms with Gasteiger partial charge in [-0.3, -0.25) is 0 Å². The lowest BCUT2D eigenvalue weighted by Crippen LogP contribution is -2.32. The van der Waals surface area contributed by atoms with Crippen molar-refractivity contribution in [1.82, 2.24) is 10.3 Å². The van der Waals surface area contributed by atoms with E-state index in [1.807, 2.05) is 12.3 Å². The molecule has 0 aromatic carbocycles. The molecule has 0 radical (unpaired) electrons. The molecule has 2 rings (SSSR count). The maximum absolute atomic E-state index is 12.6. The van der Waals surface area contributed by atoms with Gasteiger partial charge in [-0.05, 0) is 27.2 Å². The van der Waals surface area contributed by atoms with Crippen LogP contribution in [0.15, 0.2) is 34.1 Å². The monoisotopic (exact) mass is 350 g/mol. The highest BCUT2D eigenvalue weighted by molar-refractivity contribution is 7.09. The van der Waals surface area contributed by atoms with Crippen molar-refractivity contribution in [1.29, 1.82) is 0 Å². The molecule has 1 atom stereocenters. The summed E-state index contributed by atoms with van der Waals surface area (Å²) in [4.78, 5) is 29.4. The zero-order valence-electron chi connectivity index (χ0n) is 14.3. The number of rotatable bonds is 6. The molecule has 1 N–H and O–H groups in total. The highest BCUT2D eigenvalue weighted by atomic mass is 32.1. The van der Waals surface area contributed by atoms with Gasteiger partial charge >= 0.3 is 11.9 Å². The van der Waals surface area contributed by atoms with Crippen molar-refractivity contribution in [2.24, 2.45) is 0 Å². The quantitative estimate of drug-likeness (QED) is 0.795. The first-order valence-electron chi connectivity index (χ1n) is 7.93. The first-order valence-corrected chi connectivity index (χ1v) is 8.81. The van der Waals surface area contributed by atoms with Gasteiger partial charge < -0.3 is 14.8 Å². The second-order valence-corrected chi connectivity index (χ2v) is 6.29. The number of nitrogens with one attached hydrogen (secondary N) is 1. The van der Waals surface area contributed by atoms with Crippen molar-refractivity contribution in [3.63, 3.8) is 0 Å². The molecule has 0 fully saturated rings. The van der Waals surface area contributed by atoms with Crippen LogP contribution in [-0.4, -0.2) is 30.1 Å². The van der Waals surface area contributed by atoms with Gasteiger partial charge in [0.15, 0.2) is 0 Å². The zero-order valence-corrected chi connectivity index (χ0v) is 15.2. The molecular formula is C17H22N2O4S. The molecule has 7 heteroatoms. The Hall–Kier alpha value is -2.15. The summed E-state index contributed by atoms with van der Waals surface area (Å²) in [6.45, 7) is 7.87. The first-order chi connectivity index (χ1) is 11.5. The van der Waals surface area contributed by atoms with Gasteiger partial charge in [0.25, 0.3) is 0 Å². The van der Waals surface area contributed by atoms with Crippen molar-refractivity contribution in [2.75, 3.05) is 13.2 Å². The van der Waals surface area contributed by atoms with E-state index in [0.717, 1.165) is 6.42 Å². The third-order valence-electron chi connectivity index (χ3n) is 3.61. The fourth-order valence-corrected chi connectivity index (χ4v) is 3.40. The molecule has 0 saturated carbocycles. The first kappa shape index (κ1) is 18.2. The van der Waals surface area contributed by atoms with E-state index in [4.69, 9.17) is 9.47 Å². The third-order valence-corrected chi connectivity index (χ3v) is 4.45. The SMILES string of the molecule is CCCOC(=O)C1=C(C)NC(C)=C(C(=O)OCC)C1c1nccs1. The molecule has 1 aromatic rings. The van der Waals surface area contributed by atoms with Gasteiger partial charge in [-0.1, -0.05) is 6.92 Å². The Morgan fingerprint density at radius 3 is 2.29 bits per heavy atom. The number of nitrogens with zero attached hydrogens (tertiary/aromatic N) is 1. The van der Waals surface area contributed by atoms with Crippen LogP contribution in [0.1, 0.15) is 45.0 Å². The van der Waals surface area contributed by atoms with Crippen LogP contribution in [0.3, 0.4) is 0 Å². The van der Waals surface area contributed by atoms with Gasteiger partial charge in [-0.15, -0.1) is 11.3 Å². The number of hydrogen-bond donors (Lipinski definition) is 1. The molecule has 1 aliphatic heterocycles. The maximum atomic E-state index is 12.6. The Morgan fingerprint density at radius 1 is 1.17 bits per heavy atom. The summed E-state index contributed by atoms with van der Waals surface area (Å²) in [5, 5.41) is 5.59.